The number of nitrogens with zero attached hydrogens (tertiary/aromatic N) is 4. The molecule has 1 N–H and O–H groups in total. The summed E-state index contributed by atoms with van der Waals surface area (Å²) in [6.45, 7) is 6.34. The number of carbonyl (C=O) groups is 1. The minimum absolute atomic E-state index is 0.137. The Kier molecular flexibility index (Phi) is 5.84. The molecular formula is C13H21N5O4. The zero-order valence-electron chi connectivity index (χ0n) is 12.7. The van der Waals surface area contributed by atoms with Crippen molar-refractivity contribution in [2.45, 2.75) is 19.9 Å². The van der Waals surface area contributed by atoms with E-state index in [-0.39, 0.29) is 18.3 Å². The van der Waals surface area contributed by atoms with E-state index in [0.29, 0.717) is 12.2 Å². The molecule has 1 aliphatic heterocycles. The number of aromatic nitrogens is 2. The molecule has 1 amide bonds. The number of hydrogen-bond acceptors (Lipinski definition) is 6. The van der Waals surface area contributed by atoms with Gasteiger partial charge in [0.2, 0.25) is 0 Å². The van der Waals surface area contributed by atoms with Crippen LogP contribution in [0.2, 0.25) is 0 Å². The van der Waals surface area contributed by atoms with Gasteiger partial charge in [0, 0.05) is 19.6 Å². The maximum Gasteiger partial charge on any atom is 0.345 e. The Hall–Kier alpha value is -2.00. The van der Waals surface area contributed by atoms with Gasteiger partial charge in [-0.2, -0.15) is 0 Å². The smallest absolute Gasteiger partial charge is 0.345 e. The summed E-state index contributed by atoms with van der Waals surface area (Å²) < 4.78 is 6.38. The molecule has 0 saturated carbocycles. The molecule has 0 bridgehead atoms. The Balaban J connectivity index is 1.70. The van der Waals surface area contributed by atoms with Crippen LogP contribution in [0.4, 0.5) is 5.82 Å². The van der Waals surface area contributed by atoms with Gasteiger partial charge in [0.1, 0.15) is 0 Å². The Morgan fingerprint density at radius 2 is 2.23 bits per heavy atom. The van der Waals surface area contributed by atoms with Gasteiger partial charge in [-0.15, -0.1) is 4.68 Å². The van der Waals surface area contributed by atoms with Crippen molar-refractivity contribution in [1.82, 2.24) is 20.0 Å². The second-order valence-corrected chi connectivity index (χ2v) is 5.22. The molecule has 22 heavy (non-hydrogen) atoms. The van der Waals surface area contributed by atoms with Gasteiger partial charge in [0.25, 0.3) is 5.91 Å². The van der Waals surface area contributed by atoms with E-state index in [4.69, 9.17) is 4.74 Å². The molecule has 9 heteroatoms. The summed E-state index contributed by atoms with van der Waals surface area (Å²) >= 11 is 0. The normalized spacial score (nSPS) is 15.7. The van der Waals surface area contributed by atoms with Crippen LogP contribution in [0.15, 0.2) is 6.07 Å². The van der Waals surface area contributed by atoms with E-state index < -0.39 is 4.92 Å². The number of amides is 1. The van der Waals surface area contributed by atoms with E-state index in [9.17, 15) is 14.9 Å². The first kappa shape index (κ1) is 16.4. The maximum atomic E-state index is 11.8. The van der Waals surface area contributed by atoms with Gasteiger partial charge in [-0.25, -0.2) is 0 Å². The number of aryl methyl sites for hydroxylation is 1. The minimum Gasteiger partial charge on any atom is -0.379 e. The monoisotopic (exact) mass is 311 g/mol. The van der Waals surface area contributed by atoms with Crippen LogP contribution in [0.5, 0.6) is 0 Å². The summed E-state index contributed by atoms with van der Waals surface area (Å²) in [6.07, 6.45) is 0.839. The fraction of sp³-hybridized carbons (Fsp3) is 0.692. The van der Waals surface area contributed by atoms with Crippen LogP contribution in [0.3, 0.4) is 0 Å². The minimum atomic E-state index is -0.536. The van der Waals surface area contributed by atoms with Gasteiger partial charge in [0.15, 0.2) is 6.54 Å². The van der Waals surface area contributed by atoms with Gasteiger partial charge in [-0.1, -0.05) is 5.10 Å². The van der Waals surface area contributed by atoms with E-state index in [1.165, 1.54) is 6.07 Å². The predicted molar refractivity (Wildman–Crippen MR) is 78.5 cm³/mol. The van der Waals surface area contributed by atoms with E-state index in [1.54, 1.807) is 6.92 Å². The van der Waals surface area contributed by atoms with Crippen molar-refractivity contribution in [1.29, 1.82) is 0 Å². The van der Waals surface area contributed by atoms with E-state index in [0.717, 1.165) is 44.0 Å². The van der Waals surface area contributed by atoms with Crippen molar-refractivity contribution in [3.8, 4) is 0 Å². The van der Waals surface area contributed by atoms with E-state index in [2.05, 4.69) is 15.3 Å². The van der Waals surface area contributed by atoms with E-state index in [1.807, 2.05) is 0 Å². The van der Waals surface area contributed by atoms with Crippen LogP contribution in [-0.2, 0) is 16.1 Å². The van der Waals surface area contributed by atoms with Crippen LogP contribution < -0.4 is 5.32 Å². The van der Waals surface area contributed by atoms with Crippen LogP contribution >= 0.6 is 0 Å². The number of ether oxygens (including phenoxy) is 1. The number of hydrogen-bond donors (Lipinski definition) is 1. The summed E-state index contributed by atoms with van der Waals surface area (Å²) in [6, 6.07) is 1.35. The van der Waals surface area contributed by atoms with Crippen molar-refractivity contribution in [3.05, 3.63) is 21.9 Å². The zero-order valence-corrected chi connectivity index (χ0v) is 12.7. The molecule has 0 atom stereocenters. The first-order chi connectivity index (χ1) is 10.6. The number of nitrogens with one attached hydrogen (secondary N) is 1. The fourth-order valence-corrected chi connectivity index (χ4v) is 2.34. The Morgan fingerprint density at radius 1 is 1.50 bits per heavy atom. The Morgan fingerprint density at radius 3 is 2.91 bits per heavy atom. The fourth-order valence-electron chi connectivity index (χ4n) is 2.34. The summed E-state index contributed by atoms with van der Waals surface area (Å²) in [4.78, 5) is 24.4. The van der Waals surface area contributed by atoms with Gasteiger partial charge >= 0.3 is 5.82 Å². The first-order valence-corrected chi connectivity index (χ1v) is 7.32. The third-order valence-electron chi connectivity index (χ3n) is 3.44. The third kappa shape index (κ3) is 4.78. The van der Waals surface area contributed by atoms with Gasteiger partial charge in [-0.05, 0) is 24.8 Å². The molecule has 2 heterocycles. The molecule has 1 aliphatic rings. The molecule has 0 aliphatic carbocycles. The van der Waals surface area contributed by atoms with Gasteiger partial charge in [-0.3, -0.25) is 9.69 Å². The molecule has 1 aromatic heterocycles. The van der Waals surface area contributed by atoms with Crippen LogP contribution in [0.25, 0.3) is 0 Å². The Bertz CT molecular complexity index is 525. The van der Waals surface area contributed by atoms with Crippen LogP contribution in [-0.4, -0.2) is 64.9 Å². The highest BCUT2D eigenvalue weighted by Crippen LogP contribution is 2.12. The molecule has 0 aromatic carbocycles. The number of morpholine rings is 1. The average molecular weight is 311 g/mol. The summed E-state index contributed by atoms with van der Waals surface area (Å²) in [5.74, 6) is -0.436. The standard InChI is InChI=1S/C13H21N5O4/c1-11-9-13(18(20)21)17(15-11)10-12(19)14-3-2-4-16-5-7-22-8-6-16/h9H,2-8,10H2,1H3,(H,14,19). The summed E-state index contributed by atoms with van der Waals surface area (Å²) in [5.41, 5.74) is 0.520. The quantitative estimate of drug-likeness (QED) is 0.430. The lowest BCUT2D eigenvalue weighted by Gasteiger charge is -2.26. The van der Waals surface area contributed by atoms with Crippen LogP contribution in [0, 0.1) is 17.0 Å². The lowest BCUT2D eigenvalue weighted by atomic mass is 10.3. The highest BCUT2D eigenvalue weighted by atomic mass is 16.6. The molecule has 9 nitrogen and oxygen atoms in total. The Labute approximate surface area is 128 Å². The zero-order chi connectivity index (χ0) is 15.9. The van der Waals surface area contributed by atoms with Crippen molar-refractivity contribution in [2.75, 3.05) is 39.4 Å². The SMILES string of the molecule is Cc1cc([N+](=O)[O-])n(CC(=O)NCCCN2CCOCC2)n1. The molecule has 2 rings (SSSR count). The second kappa shape index (κ2) is 7.85. The lowest BCUT2D eigenvalue weighted by Crippen LogP contribution is -2.38. The van der Waals surface area contributed by atoms with Crippen LogP contribution in [0.1, 0.15) is 12.1 Å². The van der Waals surface area contributed by atoms with Crippen molar-refractivity contribution in [2.24, 2.45) is 0 Å². The summed E-state index contributed by atoms with van der Waals surface area (Å²) in [7, 11) is 0. The highest BCUT2D eigenvalue weighted by molar-refractivity contribution is 5.75. The molecular weight excluding hydrogens is 290 g/mol. The number of nitro groups is 1. The summed E-state index contributed by atoms with van der Waals surface area (Å²) in [5, 5.41) is 17.6. The van der Waals surface area contributed by atoms with Gasteiger partial charge in [0.05, 0.1) is 25.0 Å². The second-order valence-electron chi connectivity index (χ2n) is 5.22. The number of rotatable bonds is 7. The third-order valence-corrected chi connectivity index (χ3v) is 3.44. The predicted octanol–water partition coefficient (Wildman–Crippen LogP) is -0.0618. The molecule has 1 aromatic rings. The van der Waals surface area contributed by atoms with Gasteiger partial charge < -0.3 is 20.2 Å². The first-order valence-electron chi connectivity index (χ1n) is 7.32. The largest absolute Gasteiger partial charge is 0.379 e. The maximum absolute atomic E-state index is 11.8. The van der Waals surface area contributed by atoms with Crippen molar-refractivity contribution >= 4 is 11.7 Å². The van der Waals surface area contributed by atoms with Crippen molar-refractivity contribution in [3.63, 3.8) is 0 Å². The molecule has 0 unspecified atom stereocenters. The molecule has 122 valence electrons. The topological polar surface area (TPSA) is 103 Å². The van der Waals surface area contributed by atoms with Crippen molar-refractivity contribution < 1.29 is 14.5 Å². The average Bonchev–Trinajstić information content (AvgIpc) is 2.85. The highest BCUT2D eigenvalue weighted by Gasteiger charge is 2.19. The number of carbonyl (C=O) groups excluding carboxylic acids is 1. The molecule has 1 saturated heterocycles. The molecule has 0 spiro atoms. The molecule has 0 radical (unpaired) electrons. The van der Waals surface area contributed by atoms with E-state index >= 15 is 0 Å². The molecule has 1 fully saturated rings. The lowest BCUT2D eigenvalue weighted by molar-refractivity contribution is -0.392.